The SMILES string of the molecule is CCOC(=O)N1CCN(S(=O)(=O)c2ncsc2-c2ccccc2)CC1. The molecule has 1 aliphatic heterocycles. The number of hydrogen-bond donors (Lipinski definition) is 0. The summed E-state index contributed by atoms with van der Waals surface area (Å²) in [6.45, 7) is 3.12. The number of piperazine rings is 1. The normalized spacial score (nSPS) is 16.0. The molecule has 1 aromatic carbocycles. The first-order chi connectivity index (χ1) is 12.0. The van der Waals surface area contributed by atoms with E-state index in [4.69, 9.17) is 4.74 Å². The Balaban J connectivity index is 1.78. The Bertz CT molecular complexity index is 828. The van der Waals surface area contributed by atoms with Crippen molar-refractivity contribution in [3.05, 3.63) is 35.8 Å². The van der Waals surface area contributed by atoms with Crippen molar-refractivity contribution in [3.63, 3.8) is 0 Å². The summed E-state index contributed by atoms with van der Waals surface area (Å²) in [5, 5.41) is 0.0771. The molecule has 1 saturated heterocycles. The van der Waals surface area contributed by atoms with Crippen LogP contribution in [0.5, 0.6) is 0 Å². The number of nitrogens with zero attached hydrogens (tertiary/aromatic N) is 3. The molecular weight excluding hydrogens is 362 g/mol. The largest absolute Gasteiger partial charge is 0.450 e. The van der Waals surface area contributed by atoms with Crippen LogP contribution in [0.3, 0.4) is 0 Å². The average molecular weight is 381 g/mol. The van der Waals surface area contributed by atoms with Gasteiger partial charge in [0.15, 0.2) is 5.03 Å². The molecule has 0 atom stereocenters. The summed E-state index contributed by atoms with van der Waals surface area (Å²) < 4.78 is 32.3. The molecule has 0 aliphatic carbocycles. The van der Waals surface area contributed by atoms with Crippen molar-refractivity contribution in [1.82, 2.24) is 14.2 Å². The highest BCUT2D eigenvalue weighted by atomic mass is 32.2. The zero-order valence-electron chi connectivity index (χ0n) is 13.8. The first kappa shape index (κ1) is 17.8. The second-order valence-electron chi connectivity index (χ2n) is 5.44. The van der Waals surface area contributed by atoms with Crippen molar-refractivity contribution in [2.45, 2.75) is 11.9 Å². The number of amides is 1. The van der Waals surface area contributed by atoms with Crippen LogP contribution < -0.4 is 0 Å². The smallest absolute Gasteiger partial charge is 0.409 e. The monoisotopic (exact) mass is 381 g/mol. The Hall–Kier alpha value is -1.97. The second-order valence-corrected chi connectivity index (χ2v) is 8.15. The van der Waals surface area contributed by atoms with Crippen molar-refractivity contribution in [2.75, 3.05) is 32.8 Å². The summed E-state index contributed by atoms with van der Waals surface area (Å²) in [6.07, 6.45) is -0.404. The third-order valence-electron chi connectivity index (χ3n) is 3.92. The number of carbonyl (C=O) groups excluding carboxylic acids is 1. The molecule has 1 aliphatic rings. The van der Waals surface area contributed by atoms with Crippen molar-refractivity contribution < 1.29 is 17.9 Å². The topological polar surface area (TPSA) is 79.8 Å². The number of thiazole rings is 1. The Labute approximate surface area is 150 Å². The van der Waals surface area contributed by atoms with Crippen molar-refractivity contribution in [3.8, 4) is 10.4 Å². The molecule has 3 rings (SSSR count). The predicted molar refractivity (Wildman–Crippen MR) is 94.9 cm³/mol. The molecule has 1 amide bonds. The highest BCUT2D eigenvalue weighted by Gasteiger charge is 2.33. The fourth-order valence-electron chi connectivity index (χ4n) is 2.65. The molecule has 0 spiro atoms. The van der Waals surface area contributed by atoms with Crippen LogP contribution in [0.4, 0.5) is 4.79 Å². The van der Waals surface area contributed by atoms with E-state index in [1.54, 1.807) is 12.4 Å². The van der Waals surface area contributed by atoms with Gasteiger partial charge in [-0.1, -0.05) is 30.3 Å². The zero-order chi connectivity index (χ0) is 17.9. The molecule has 0 bridgehead atoms. The Kier molecular flexibility index (Phi) is 5.36. The molecule has 9 heteroatoms. The van der Waals surface area contributed by atoms with E-state index in [0.717, 1.165) is 5.56 Å². The van der Waals surface area contributed by atoms with Gasteiger partial charge in [-0.25, -0.2) is 18.2 Å². The van der Waals surface area contributed by atoms with Gasteiger partial charge in [0.25, 0.3) is 10.0 Å². The second kappa shape index (κ2) is 7.51. The first-order valence-electron chi connectivity index (χ1n) is 7.94. The lowest BCUT2D eigenvalue weighted by atomic mass is 10.2. The number of carbonyl (C=O) groups is 1. The minimum Gasteiger partial charge on any atom is -0.450 e. The number of aromatic nitrogens is 1. The number of sulfonamides is 1. The van der Waals surface area contributed by atoms with E-state index in [1.165, 1.54) is 20.5 Å². The number of benzene rings is 1. The van der Waals surface area contributed by atoms with Gasteiger partial charge in [0, 0.05) is 26.2 Å². The lowest BCUT2D eigenvalue weighted by Gasteiger charge is -2.32. The molecule has 1 aromatic heterocycles. The highest BCUT2D eigenvalue weighted by molar-refractivity contribution is 7.89. The molecule has 0 radical (unpaired) electrons. The van der Waals surface area contributed by atoms with E-state index in [1.807, 2.05) is 30.3 Å². The third kappa shape index (κ3) is 3.68. The van der Waals surface area contributed by atoms with Crippen LogP contribution in [0.2, 0.25) is 0 Å². The van der Waals surface area contributed by atoms with E-state index in [9.17, 15) is 13.2 Å². The highest BCUT2D eigenvalue weighted by Crippen LogP contribution is 2.32. The summed E-state index contributed by atoms with van der Waals surface area (Å²) in [4.78, 5) is 18.0. The number of hydrogen-bond acceptors (Lipinski definition) is 6. The first-order valence-corrected chi connectivity index (χ1v) is 10.3. The van der Waals surface area contributed by atoms with Gasteiger partial charge in [-0.15, -0.1) is 11.3 Å². The van der Waals surface area contributed by atoms with Gasteiger partial charge in [0.05, 0.1) is 17.0 Å². The van der Waals surface area contributed by atoms with Gasteiger partial charge in [-0.05, 0) is 12.5 Å². The van der Waals surface area contributed by atoms with Crippen molar-refractivity contribution >= 4 is 27.5 Å². The molecule has 2 aromatic rings. The van der Waals surface area contributed by atoms with Crippen LogP contribution in [-0.4, -0.2) is 61.5 Å². The summed E-state index contributed by atoms with van der Waals surface area (Å²) >= 11 is 1.30. The van der Waals surface area contributed by atoms with E-state index < -0.39 is 16.1 Å². The van der Waals surface area contributed by atoms with E-state index >= 15 is 0 Å². The van der Waals surface area contributed by atoms with Crippen LogP contribution in [0.25, 0.3) is 10.4 Å². The van der Waals surface area contributed by atoms with E-state index in [-0.39, 0.29) is 18.1 Å². The maximum Gasteiger partial charge on any atom is 0.409 e. The number of rotatable bonds is 4. The molecule has 2 heterocycles. The van der Waals surface area contributed by atoms with Crippen LogP contribution in [0.1, 0.15) is 6.92 Å². The molecular formula is C16H19N3O4S2. The summed E-state index contributed by atoms with van der Waals surface area (Å²) in [7, 11) is -3.71. The maximum absolute atomic E-state index is 13.0. The fourth-order valence-corrected chi connectivity index (χ4v) is 5.29. The Morgan fingerprint density at radius 3 is 2.52 bits per heavy atom. The van der Waals surface area contributed by atoms with Gasteiger partial charge in [-0.2, -0.15) is 4.31 Å². The zero-order valence-corrected chi connectivity index (χ0v) is 15.4. The molecule has 134 valence electrons. The average Bonchev–Trinajstić information content (AvgIpc) is 3.13. The summed E-state index contributed by atoms with van der Waals surface area (Å²) in [5.74, 6) is 0. The Morgan fingerprint density at radius 1 is 1.20 bits per heavy atom. The molecule has 0 N–H and O–H groups in total. The van der Waals surface area contributed by atoms with Gasteiger partial charge >= 0.3 is 6.09 Å². The minimum atomic E-state index is -3.71. The van der Waals surface area contributed by atoms with Gasteiger partial charge in [-0.3, -0.25) is 0 Å². The molecule has 1 fully saturated rings. The van der Waals surface area contributed by atoms with Gasteiger partial charge < -0.3 is 9.64 Å². The lowest BCUT2D eigenvalue weighted by Crippen LogP contribution is -2.50. The molecule has 0 unspecified atom stereocenters. The Morgan fingerprint density at radius 2 is 1.88 bits per heavy atom. The summed E-state index contributed by atoms with van der Waals surface area (Å²) in [6, 6.07) is 9.34. The predicted octanol–water partition coefficient (Wildman–Crippen LogP) is 2.27. The quantitative estimate of drug-likeness (QED) is 0.812. The van der Waals surface area contributed by atoms with Crippen molar-refractivity contribution in [1.29, 1.82) is 0 Å². The van der Waals surface area contributed by atoms with Gasteiger partial charge in [0.1, 0.15) is 0 Å². The van der Waals surface area contributed by atoms with Crippen LogP contribution >= 0.6 is 11.3 Å². The molecule has 0 saturated carbocycles. The van der Waals surface area contributed by atoms with Gasteiger partial charge in [0.2, 0.25) is 0 Å². The standard InChI is InChI=1S/C16H19N3O4S2/c1-2-23-16(20)18-8-10-19(11-9-18)25(21,22)15-14(24-12-17-15)13-6-4-3-5-7-13/h3-7,12H,2,8-11H2,1H3. The van der Waals surface area contributed by atoms with E-state index in [0.29, 0.717) is 24.6 Å². The van der Waals surface area contributed by atoms with Crippen molar-refractivity contribution in [2.24, 2.45) is 0 Å². The lowest BCUT2D eigenvalue weighted by molar-refractivity contribution is 0.0934. The van der Waals surface area contributed by atoms with Crippen LogP contribution in [0, 0.1) is 0 Å². The summed E-state index contributed by atoms with van der Waals surface area (Å²) in [5.41, 5.74) is 2.37. The fraction of sp³-hybridized carbons (Fsp3) is 0.375. The third-order valence-corrected chi connectivity index (χ3v) is 6.77. The number of ether oxygens (including phenoxy) is 1. The van der Waals surface area contributed by atoms with Crippen LogP contribution in [0.15, 0.2) is 40.9 Å². The minimum absolute atomic E-state index is 0.0771. The molecule has 25 heavy (non-hydrogen) atoms. The maximum atomic E-state index is 13.0. The van der Waals surface area contributed by atoms with E-state index in [2.05, 4.69) is 4.98 Å². The van der Waals surface area contributed by atoms with Crippen LogP contribution in [-0.2, 0) is 14.8 Å². The molecule has 7 nitrogen and oxygen atoms in total.